The smallest absolute Gasteiger partial charge is 0.291 e. The molecular formula is C29H29NO5. The van der Waals surface area contributed by atoms with Crippen LogP contribution in [0.3, 0.4) is 0 Å². The molecule has 1 fully saturated rings. The Hall–Kier alpha value is -3.93. The van der Waals surface area contributed by atoms with E-state index in [9.17, 15) is 19.5 Å². The van der Waals surface area contributed by atoms with E-state index in [0.717, 1.165) is 16.7 Å². The van der Waals surface area contributed by atoms with Gasteiger partial charge in [-0.15, -0.1) is 0 Å². The molecule has 1 aliphatic rings. The molecule has 3 aromatic rings. The Kier molecular flexibility index (Phi) is 7.01. The Bertz CT molecular complexity index is 1270. The van der Waals surface area contributed by atoms with Gasteiger partial charge in [-0.1, -0.05) is 54.1 Å². The van der Waals surface area contributed by atoms with Gasteiger partial charge in [-0.2, -0.15) is 0 Å². The molecule has 35 heavy (non-hydrogen) atoms. The minimum Gasteiger partial charge on any atom is -0.504 e. The van der Waals surface area contributed by atoms with Crippen LogP contribution in [0.15, 0.2) is 66.7 Å². The van der Waals surface area contributed by atoms with Gasteiger partial charge in [-0.25, -0.2) is 0 Å². The number of phenols is 1. The van der Waals surface area contributed by atoms with Crippen molar-refractivity contribution >= 4 is 17.5 Å². The van der Waals surface area contributed by atoms with Crippen molar-refractivity contribution < 1.29 is 24.2 Å². The van der Waals surface area contributed by atoms with Gasteiger partial charge in [0.15, 0.2) is 17.3 Å². The van der Waals surface area contributed by atoms with Crippen LogP contribution in [-0.4, -0.2) is 40.6 Å². The number of benzene rings is 3. The molecule has 0 saturated carbocycles. The molecule has 0 radical (unpaired) electrons. The quantitative estimate of drug-likeness (QED) is 0.295. The maximum Gasteiger partial charge on any atom is 0.291 e. The molecular weight excluding hydrogens is 442 g/mol. The fourth-order valence-electron chi connectivity index (χ4n) is 4.65. The molecule has 1 N–H and O–H groups in total. The fourth-order valence-corrected chi connectivity index (χ4v) is 4.65. The summed E-state index contributed by atoms with van der Waals surface area (Å²) in [5, 5.41) is 10.2. The lowest BCUT2D eigenvalue weighted by Crippen LogP contribution is -2.32. The standard InChI is InChI=1S/C29H29NO5/c1-4-35-24-17-21(12-13-23(24)31)26-25(27(32)22-16-18(2)10-11-19(22)3)28(33)29(34)30(26)15-14-20-8-6-5-7-9-20/h5-13,16-17,25-26,31H,4,14-15H2,1-3H3. The summed E-state index contributed by atoms with van der Waals surface area (Å²) in [7, 11) is 0. The highest BCUT2D eigenvalue weighted by molar-refractivity contribution is 6.44. The van der Waals surface area contributed by atoms with Crippen molar-refractivity contribution in [3.8, 4) is 11.5 Å². The first-order chi connectivity index (χ1) is 16.8. The molecule has 1 saturated heterocycles. The third-order valence-corrected chi connectivity index (χ3v) is 6.46. The first-order valence-electron chi connectivity index (χ1n) is 11.8. The lowest BCUT2D eigenvalue weighted by Gasteiger charge is -2.28. The van der Waals surface area contributed by atoms with E-state index in [-0.39, 0.29) is 23.8 Å². The van der Waals surface area contributed by atoms with E-state index in [2.05, 4.69) is 0 Å². The van der Waals surface area contributed by atoms with Gasteiger partial charge in [0, 0.05) is 12.1 Å². The van der Waals surface area contributed by atoms with E-state index in [4.69, 9.17) is 4.74 Å². The van der Waals surface area contributed by atoms with E-state index >= 15 is 0 Å². The molecule has 1 amide bonds. The lowest BCUT2D eigenvalue weighted by molar-refractivity contribution is -0.140. The topological polar surface area (TPSA) is 83.9 Å². The van der Waals surface area contributed by atoms with Crippen LogP contribution >= 0.6 is 0 Å². The molecule has 4 rings (SSSR count). The molecule has 6 nitrogen and oxygen atoms in total. The van der Waals surface area contributed by atoms with E-state index in [1.54, 1.807) is 25.1 Å². The van der Waals surface area contributed by atoms with Crippen LogP contribution in [0.1, 0.15) is 45.6 Å². The van der Waals surface area contributed by atoms with Crippen molar-refractivity contribution in [3.05, 3.63) is 94.5 Å². The number of phenolic OH excluding ortho intramolecular Hbond substituents is 1. The number of Topliss-reactive ketones (excluding diaryl/α,β-unsaturated/α-hetero) is 2. The van der Waals surface area contributed by atoms with Crippen LogP contribution in [0.5, 0.6) is 11.5 Å². The monoisotopic (exact) mass is 471 g/mol. The molecule has 3 aromatic carbocycles. The van der Waals surface area contributed by atoms with Crippen molar-refractivity contribution in [2.45, 2.75) is 33.2 Å². The van der Waals surface area contributed by atoms with Crippen LogP contribution in [0.2, 0.25) is 0 Å². The minimum atomic E-state index is -1.18. The number of aromatic hydroxyl groups is 1. The molecule has 1 heterocycles. The highest BCUT2D eigenvalue weighted by atomic mass is 16.5. The number of carbonyl (C=O) groups is 3. The number of likely N-dealkylation sites (tertiary alicyclic amines) is 1. The molecule has 6 heteroatoms. The van der Waals surface area contributed by atoms with Crippen molar-refractivity contribution in [1.29, 1.82) is 0 Å². The summed E-state index contributed by atoms with van der Waals surface area (Å²) in [6.45, 7) is 6.12. The minimum absolute atomic E-state index is 0.0421. The maximum atomic E-state index is 13.8. The van der Waals surface area contributed by atoms with Crippen LogP contribution < -0.4 is 4.74 Å². The Labute approximate surface area is 205 Å². The van der Waals surface area contributed by atoms with Crippen LogP contribution in [-0.2, 0) is 16.0 Å². The van der Waals surface area contributed by atoms with Gasteiger partial charge in [0.1, 0.15) is 5.92 Å². The number of ether oxygens (including phenoxy) is 1. The Morgan fingerprint density at radius 3 is 2.46 bits per heavy atom. The molecule has 1 aliphatic heterocycles. The summed E-state index contributed by atoms with van der Waals surface area (Å²) < 4.78 is 5.55. The molecule has 0 aliphatic carbocycles. The van der Waals surface area contributed by atoms with Gasteiger partial charge in [-0.05, 0) is 62.1 Å². The van der Waals surface area contributed by atoms with E-state index in [1.807, 2.05) is 56.3 Å². The maximum absolute atomic E-state index is 13.8. The van der Waals surface area contributed by atoms with E-state index < -0.39 is 23.7 Å². The van der Waals surface area contributed by atoms with Gasteiger partial charge >= 0.3 is 0 Å². The lowest BCUT2D eigenvalue weighted by atomic mass is 9.84. The molecule has 0 bridgehead atoms. The molecule has 180 valence electrons. The summed E-state index contributed by atoms with van der Waals surface area (Å²) in [6.07, 6.45) is 0.539. The van der Waals surface area contributed by atoms with E-state index in [0.29, 0.717) is 24.2 Å². The van der Waals surface area contributed by atoms with Crippen molar-refractivity contribution in [3.63, 3.8) is 0 Å². The van der Waals surface area contributed by atoms with Gasteiger partial charge in [-0.3, -0.25) is 14.4 Å². The first kappa shape index (κ1) is 24.2. The number of aryl methyl sites for hydroxylation is 2. The predicted octanol–water partition coefficient (Wildman–Crippen LogP) is 4.60. The second kappa shape index (κ2) is 10.1. The Morgan fingerprint density at radius 1 is 1.00 bits per heavy atom. The van der Waals surface area contributed by atoms with Gasteiger partial charge < -0.3 is 14.7 Å². The van der Waals surface area contributed by atoms with Crippen LogP contribution in [0.25, 0.3) is 0 Å². The van der Waals surface area contributed by atoms with Crippen LogP contribution in [0.4, 0.5) is 0 Å². The number of hydrogen-bond donors (Lipinski definition) is 1. The second-order valence-corrected chi connectivity index (χ2v) is 8.86. The Balaban J connectivity index is 1.78. The van der Waals surface area contributed by atoms with Gasteiger partial charge in [0.25, 0.3) is 5.91 Å². The predicted molar refractivity (Wildman–Crippen MR) is 133 cm³/mol. The zero-order valence-corrected chi connectivity index (χ0v) is 20.2. The van der Waals surface area contributed by atoms with Crippen molar-refractivity contribution in [2.24, 2.45) is 5.92 Å². The second-order valence-electron chi connectivity index (χ2n) is 8.86. The average molecular weight is 472 g/mol. The highest BCUT2D eigenvalue weighted by Crippen LogP contribution is 2.41. The van der Waals surface area contributed by atoms with Gasteiger partial charge in [0.2, 0.25) is 5.78 Å². The number of amides is 1. The SMILES string of the molecule is CCOc1cc(C2C(C(=O)c3cc(C)ccc3C)C(=O)C(=O)N2CCc2ccccc2)ccc1O. The number of ketones is 2. The third-order valence-electron chi connectivity index (χ3n) is 6.46. The zero-order valence-electron chi connectivity index (χ0n) is 20.2. The largest absolute Gasteiger partial charge is 0.504 e. The third kappa shape index (κ3) is 4.83. The number of nitrogens with zero attached hydrogens (tertiary/aromatic N) is 1. The highest BCUT2D eigenvalue weighted by Gasteiger charge is 2.51. The first-order valence-corrected chi connectivity index (χ1v) is 11.8. The summed E-state index contributed by atoms with van der Waals surface area (Å²) >= 11 is 0. The summed E-state index contributed by atoms with van der Waals surface area (Å²) in [5.41, 5.74) is 3.69. The molecule has 0 spiro atoms. The van der Waals surface area contributed by atoms with Crippen molar-refractivity contribution in [2.75, 3.05) is 13.2 Å². The number of hydrogen-bond acceptors (Lipinski definition) is 5. The fraction of sp³-hybridized carbons (Fsp3) is 0.276. The van der Waals surface area contributed by atoms with E-state index in [1.165, 1.54) is 11.0 Å². The Morgan fingerprint density at radius 2 is 1.74 bits per heavy atom. The normalized spacial score (nSPS) is 17.6. The molecule has 2 atom stereocenters. The summed E-state index contributed by atoms with van der Waals surface area (Å²) in [5.74, 6) is -2.72. The average Bonchev–Trinajstić information content (AvgIpc) is 3.11. The zero-order chi connectivity index (χ0) is 25.1. The summed E-state index contributed by atoms with van der Waals surface area (Å²) in [6, 6.07) is 19.1. The van der Waals surface area contributed by atoms with Crippen LogP contribution in [0, 0.1) is 19.8 Å². The molecule has 0 aromatic heterocycles. The number of carbonyl (C=O) groups excluding carboxylic acids is 3. The molecule has 2 unspecified atom stereocenters. The van der Waals surface area contributed by atoms with Crippen molar-refractivity contribution in [1.82, 2.24) is 4.90 Å². The summed E-state index contributed by atoms with van der Waals surface area (Å²) in [4.78, 5) is 41.8. The van der Waals surface area contributed by atoms with Gasteiger partial charge in [0.05, 0.1) is 12.6 Å². The number of rotatable bonds is 8.